The lowest BCUT2D eigenvalue weighted by Crippen LogP contribution is -2.54. The first-order chi connectivity index (χ1) is 10.1. The second kappa shape index (κ2) is 7.21. The highest BCUT2D eigenvalue weighted by Crippen LogP contribution is 2.32. The van der Waals surface area contributed by atoms with Crippen molar-refractivity contribution in [1.29, 1.82) is 5.26 Å². The number of rotatable bonds is 4. The number of ether oxygens (including phenoxy) is 1. The van der Waals surface area contributed by atoms with Crippen LogP contribution in [0, 0.1) is 16.7 Å². The molecule has 0 spiro atoms. The number of carbonyl (C=O) groups excluding carboxylic acids is 1. The number of nitrogens with zero attached hydrogens (tertiary/aromatic N) is 4. The van der Waals surface area contributed by atoms with Crippen molar-refractivity contribution in [3.8, 4) is 6.07 Å². The molecular formula is C15H26N4O2. The normalized spacial score (nSPS) is 23.0. The third kappa shape index (κ3) is 3.94. The Hall–Kier alpha value is -1.16. The summed E-state index contributed by atoms with van der Waals surface area (Å²) < 4.78 is 5.30. The molecule has 6 nitrogen and oxygen atoms in total. The fourth-order valence-corrected chi connectivity index (χ4v) is 2.91. The minimum atomic E-state index is -0.843. The topological polar surface area (TPSA) is 59.8 Å². The van der Waals surface area contributed by atoms with Crippen LogP contribution in [0.1, 0.15) is 12.8 Å². The molecule has 0 radical (unpaired) electrons. The molecule has 0 atom stereocenters. The molecular weight excluding hydrogens is 268 g/mol. The average Bonchev–Trinajstić information content (AvgIpc) is 2.53. The summed E-state index contributed by atoms with van der Waals surface area (Å²) in [6, 6.07) is 2.27. The summed E-state index contributed by atoms with van der Waals surface area (Å²) in [6.07, 6.45) is 1.06. The number of amides is 1. The van der Waals surface area contributed by atoms with E-state index in [2.05, 4.69) is 30.0 Å². The van der Waals surface area contributed by atoms with Gasteiger partial charge in [0.15, 0.2) is 0 Å². The number of piperazine rings is 1. The van der Waals surface area contributed by atoms with Gasteiger partial charge in [0.05, 0.1) is 6.07 Å². The van der Waals surface area contributed by atoms with Crippen LogP contribution in [-0.2, 0) is 9.53 Å². The predicted octanol–water partition coefficient (Wildman–Crippen LogP) is 0.0126. The molecule has 0 saturated carbocycles. The van der Waals surface area contributed by atoms with Crippen molar-refractivity contribution in [2.45, 2.75) is 12.8 Å². The van der Waals surface area contributed by atoms with Gasteiger partial charge in [0.1, 0.15) is 5.41 Å². The predicted molar refractivity (Wildman–Crippen MR) is 79.7 cm³/mol. The van der Waals surface area contributed by atoms with Gasteiger partial charge in [-0.15, -0.1) is 0 Å². The lowest BCUT2D eigenvalue weighted by atomic mass is 9.80. The molecule has 2 saturated heterocycles. The lowest BCUT2D eigenvalue weighted by Gasteiger charge is -2.39. The van der Waals surface area contributed by atoms with Crippen LogP contribution in [-0.4, -0.2) is 87.2 Å². The molecule has 1 amide bonds. The highest BCUT2D eigenvalue weighted by molar-refractivity contribution is 5.85. The van der Waals surface area contributed by atoms with Crippen LogP contribution in [0.2, 0.25) is 0 Å². The Kier molecular flexibility index (Phi) is 5.57. The van der Waals surface area contributed by atoms with Gasteiger partial charge < -0.3 is 14.5 Å². The Labute approximate surface area is 127 Å². The standard InChI is InChI=1S/C15H26N4O2/c1-17(2)5-6-18-7-9-19(10-8-18)14(20)15(13-16)3-11-21-12-4-15/h3-12H2,1-2H3. The zero-order chi connectivity index (χ0) is 15.3. The lowest BCUT2D eigenvalue weighted by molar-refractivity contribution is -0.145. The second-order valence-electron chi connectivity index (χ2n) is 6.24. The average molecular weight is 294 g/mol. The molecule has 21 heavy (non-hydrogen) atoms. The van der Waals surface area contributed by atoms with E-state index in [0.29, 0.717) is 26.1 Å². The van der Waals surface area contributed by atoms with E-state index < -0.39 is 5.41 Å². The molecule has 0 aromatic heterocycles. The van der Waals surface area contributed by atoms with E-state index in [1.807, 2.05) is 4.90 Å². The van der Waals surface area contributed by atoms with Gasteiger partial charge in [0.2, 0.25) is 5.91 Å². The summed E-state index contributed by atoms with van der Waals surface area (Å²) in [5.74, 6) is 0.0144. The summed E-state index contributed by atoms with van der Waals surface area (Å²) in [5, 5.41) is 9.47. The Morgan fingerprint density at radius 2 is 1.86 bits per heavy atom. The van der Waals surface area contributed by atoms with Crippen LogP contribution >= 0.6 is 0 Å². The molecule has 2 aliphatic rings. The van der Waals surface area contributed by atoms with Crippen LogP contribution in [0.3, 0.4) is 0 Å². The van der Waals surface area contributed by atoms with Crippen molar-refractivity contribution in [2.75, 3.05) is 66.6 Å². The summed E-state index contributed by atoms with van der Waals surface area (Å²) in [7, 11) is 4.14. The summed E-state index contributed by atoms with van der Waals surface area (Å²) in [4.78, 5) is 19.1. The Balaban J connectivity index is 1.86. The van der Waals surface area contributed by atoms with Gasteiger partial charge in [0, 0.05) is 52.5 Å². The highest BCUT2D eigenvalue weighted by atomic mass is 16.5. The quantitative estimate of drug-likeness (QED) is 0.731. The zero-order valence-electron chi connectivity index (χ0n) is 13.2. The van der Waals surface area contributed by atoms with Crippen LogP contribution in [0.15, 0.2) is 0 Å². The second-order valence-corrected chi connectivity index (χ2v) is 6.24. The molecule has 0 unspecified atom stereocenters. The molecule has 0 aliphatic carbocycles. The number of nitriles is 1. The minimum absolute atomic E-state index is 0.0144. The molecule has 2 heterocycles. The first-order valence-corrected chi connectivity index (χ1v) is 7.73. The van der Waals surface area contributed by atoms with E-state index in [1.54, 1.807) is 0 Å². The first-order valence-electron chi connectivity index (χ1n) is 7.73. The first kappa shape index (κ1) is 16.2. The molecule has 2 fully saturated rings. The number of hydrogen-bond donors (Lipinski definition) is 0. The smallest absolute Gasteiger partial charge is 0.243 e. The highest BCUT2D eigenvalue weighted by Gasteiger charge is 2.43. The SMILES string of the molecule is CN(C)CCN1CCN(C(=O)C2(C#N)CCOCC2)CC1. The van der Waals surface area contributed by atoms with Crippen LogP contribution < -0.4 is 0 Å². The third-order valence-corrected chi connectivity index (χ3v) is 4.49. The van der Waals surface area contributed by atoms with Crippen molar-refractivity contribution < 1.29 is 9.53 Å². The summed E-state index contributed by atoms with van der Waals surface area (Å²) in [5.41, 5.74) is -0.843. The molecule has 118 valence electrons. The molecule has 0 bridgehead atoms. The Morgan fingerprint density at radius 1 is 1.24 bits per heavy atom. The Morgan fingerprint density at radius 3 is 2.38 bits per heavy atom. The molecule has 6 heteroatoms. The minimum Gasteiger partial charge on any atom is -0.381 e. The summed E-state index contributed by atoms with van der Waals surface area (Å²) in [6.45, 7) is 6.37. The van der Waals surface area contributed by atoms with Crippen molar-refractivity contribution in [1.82, 2.24) is 14.7 Å². The maximum absolute atomic E-state index is 12.7. The van der Waals surface area contributed by atoms with Crippen LogP contribution in [0.25, 0.3) is 0 Å². The zero-order valence-corrected chi connectivity index (χ0v) is 13.2. The maximum atomic E-state index is 12.7. The van der Waals surface area contributed by atoms with Gasteiger partial charge in [-0.25, -0.2) is 0 Å². The van der Waals surface area contributed by atoms with Crippen LogP contribution in [0.4, 0.5) is 0 Å². The monoisotopic (exact) mass is 294 g/mol. The Bertz CT molecular complexity index is 391. The van der Waals surface area contributed by atoms with E-state index in [4.69, 9.17) is 4.74 Å². The van der Waals surface area contributed by atoms with Gasteiger partial charge in [-0.1, -0.05) is 0 Å². The van der Waals surface area contributed by atoms with Crippen molar-refractivity contribution >= 4 is 5.91 Å². The molecule has 2 aliphatic heterocycles. The third-order valence-electron chi connectivity index (χ3n) is 4.49. The fraction of sp³-hybridized carbons (Fsp3) is 0.867. The number of carbonyl (C=O) groups is 1. The van der Waals surface area contributed by atoms with E-state index >= 15 is 0 Å². The van der Waals surface area contributed by atoms with Crippen LogP contribution in [0.5, 0.6) is 0 Å². The number of hydrogen-bond acceptors (Lipinski definition) is 5. The van der Waals surface area contributed by atoms with Crippen molar-refractivity contribution in [2.24, 2.45) is 5.41 Å². The largest absolute Gasteiger partial charge is 0.381 e. The van der Waals surface area contributed by atoms with Gasteiger partial charge in [0.25, 0.3) is 0 Å². The fourth-order valence-electron chi connectivity index (χ4n) is 2.91. The van der Waals surface area contributed by atoms with E-state index in [9.17, 15) is 10.1 Å². The van der Waals surface area contributed by atoms with E-state index in [1.165, 1.54) is 0 Å². The van der Waals surface area contributed by atoms with Crippen molar-refractivity contribution in [3.05, 3.63) is 0 Å². The summed E-state index contributed by atoms with van der Waals surface area (Å²) >= 11 is 0. The van der Waals surface area contributed by atoms with Gasteiger partial charge in [-0.05, 0) is 26.9 Å². The molecule has 0 aromatic carbocycles. The maximum Gasteiger partial charge on any atom is 0.243 e. The van der Waals surface area contributed by atoms with E-state index in [0.717, 1.165) is 39.3 Å². The van der Waals surface area contributed by atoms with Crippen molar-refractivity contribution in [3.63, 3.8) is 0 Å². The molecule has 2 rings (SSSR count). The van der Waals surface area contributed by atoms with Gasteiger partial charge in [-0.2, -0.15) is 5.26 Å². The van der Waals surface area contributed by atoms with Gasteiger partial charge >= 0.3 is 0 Å². The van der Waals surface area contributed by atoms with Gasteiger partial charge in [-0.3, -0.25) is 9.69 Å². The van der Waals surface area contributed by atoms with E-state index in [-0.39, 0.29) is 5.91 Å². The molecule has 0 N–H and O–H groups in total. The molecule has 0 aromatic rings. The number of likely N-dealkylation sites (N-methyl/N-ethyl adjacent to an activating group) is 1.